The van der Waals surface area contributed by atoms with Gasteiger partial charge in [-0.2, -0.15) is 16.4 Å². The Balaban J connectivity index is 1.97. The largest absolute Gasteiger partial charge is 0.496 e. The summed E-state index contributed by atoms with van der Waals surface area (Å²) in [6.45, 7) is 10.4. The van der Waals surface area contributed by atoms with Gasteiger partial charge < -0.3 is 14.4 Å². The molecule has 0 unspecified atom stereocenters. The minimum absolute atomic E-state index is 0.118. The molecule has 0 saturated carbocycles. The number of benzene rings is 1. The highest BCUT2D eigenvalue weighted by atomic mass is 32.1. The fraction of sp³-hybridized carbons (Fsp3) is 0.360. The molecule has 1 amide bonds. The Bertz CT molecular complexity index is 1200. The highest BCUT2D eigenvalue weighted by Gasteiger charge is 2.34. The number of nitrogens with zero attached hydrogens (tertiary/aromatic N) is 3. The van der Waals surface area contributed by atoms with Crippen LogP contribution in [0.25, 0.3) is 23.0 Å². The second-order valence-corrected chi connectivity index (χ2v) is 9.98. The first-order valence-electron chi connectivity index (χ1n) is 10.5. The van der Waals surface area contributed by atoms with Crippen molar-refractivity contribution in [3.63, 3.8) is 0 Å². The summed E-state index contributed by atoms with van der Waals surface area (Å²) < 4.78 is 13.6. The van der Waals surface area contributed by atoms with Crippen molar-refractivity contribution in [1.29, 1.82) is 0 Å². The molecule has 7 heteroatoms. The van der Waals surface area contributed by atoms with Crippen LogP contribution in [0.5, 0.6) is 11.5 Å². The van der Waals surface area contributed by atoms with Gasteiger partial charge >= 0.3 is 0 Å². The maximum atomic E-state index is 13.4. The average molecular weight is 452 g/mol. The predicted octanol–water partition coefficient (Wildman–Crippen LogP) is 5.80. The summed E-state index contributed by atoms with van der Waals surface area (Å²) in [7, 11) is 3.47. The third kappa shape index (κ3) is 3.81. The number of methoxy groups -OCH3 is 1. The Labute approximate surface area is 193 Å². The molecule has 0 aliphatic carbocycles. The van der Waals surface area contributed by atoms with E-state index < -0.39 is 0 Å². The number of rotatable bonds is 4. The number of allylic oxidation sites excluding steroid dienone is 1. The van der Waals surface area contributed by atoms with Crippen LogP contribution in [0.3, 0.4) is 0 Å². The maximum absolute atomic E-state index is 13.4. The number of aromatic nitrogens is 2. The molecule has 0 saturated heterocycles. The molecule has 3 heterocycles. The lowest BCUT2D eigenvalue weighted by Gasteiger charge is -2.31. The Morgan fingerprint density at radius 2 is 2.06 bits per heavy atom. The number of thiophene rings is 1. The van der Waals surface area contributed by atoms with Crippen LogP contribution in [-0.2, 0) is 6.61 Å². The van der Waals surface area contributed by atoms with Gasteiger partial charge in [0.1, 0.15) is 18.1 Å². The first kappa shape index (κ1) is 22.1. The van der Waals surface area contributed by atoms with E-state index in [1.165, 1.54) is 0 Å². The number of carbonyl (C=O) groups excluding carboxylic acids is 1. The third-order valence-corrected chi connectivity index (χ3v) is 6.32. The highest BCUT2D eigenvalue weighted by Crippen LogP contribution is 2.44. The van der Waals surface area contributed by atoms with Crippen molar-refractivity contribution in [2.45, 2.75) is 46.8 Å². The summed E-state index contributed by atoms with van der Waals surface area (Å²) in [6.07, 6.45) is 2.08. The van der Waals surface area contributed by atoms with Crippen LogP contribution in [0.4, 0.5) is 0 Å². The summed E-state index contributed by atoms with van der Waals surface area (Å²) in [5, 5.41) is 8.85. The first-order valence-corrected chi connectivity index (χ1v) is 11.5. The number of hydrogen-bond donors (Lipinski definition) is 0. The zero-order chi connectivity index (χ0) is 23.2. The first-order chi connectivity index (χ1) is 15.1. The van der Waals surface area contributed by atoms with E-state index in [1.54, 1.807) is 23.3 Å². The summed E-state index contributed by atoms with van der Waals surface area (Å²) in [6, 6.07) is 5.99. The van der Waals surface area contributed by atoms with Gasteiger partial charge in [-0.05, 0) is 52.1 Å². The van der Waals surface area contributed by atoms with Crippen LogP contribution in [0.15, 0.2) is 34.5 Å². The van der Waals surface area contributed by atoms with E-state index in [9.17, 15) is 4.79 Å². The van der Waals surface area contributed by atoms with Gasteiger partial charge in [0, 0.05) is 40.7 Å². The molecule has 1 aliphatic rings. The van der Waals surface area contributed by atoms with Crippen molar-refractivity contribution in [1.82, 2.24) is 14.7 Å². The average Bonchev–Trinajstić information content (AvgIpc) is 3.38. The topological polar surface area (TPSA) is 56.6 Å². The van der Waals surface area contributed by atoms with Gasteiger partial charge in [0.15, 0.2) is 5.69 Å². The van der Waals surface area contributed by atoms with Crippen LogP contribution in [0.2, 0.25) is 0 Å². The van der Waals surface area contributed by atoms with E-state index in [0.717, 1.165) is 45.1 Å². The molecule has 1 aromatic carbocycles. The molecule has 3 aromatic rings. The van der Waals surface area contributed by atoms with Crippen molar-refractivity contribution in [2.75, 3.05) is 14.2 Å². The monoisotopic (exact) mass is 451 g/mol. The van der Waals surface area contributed by atoms with E-state index in [4.69, 9.17) is 14.6 Å². The van der Waals surface area contributed by atoms with Gasteiger partial charge in [-0.25, -0.2) is 4.68 Å². The van der Waals surface area contributed by atoms with Crippen molar-refractivity contribution in [2.24, 2.45) is 0 Å². The Hall–Kier alpha value is -3.06. The van der Waals surface area contributed by atoms with E-state index in [-0.39, 0.29) is 18.1 Å². The number of fused-ring (bicyclic) bond motifs is 3. The Kier molecular flexibility index (Phi) is 5.63. The maximum Gasteiger partial charge on any atom is 0.274 e. The molecular formula is C25H29N3O3S. The molecule has 6 nitrogen and oxygen atoms in total. The molecule has 0 radical (unpaired) electrons. The fourth-order valence-corrected chi connectivity index (χ4v) is 4.31. The summed E-state index contributed by atoms with van der Waals surface area (Å²) in [4.78, 5) is 15.2. The molecule has 32 heavy (non-hydrogen) atoms. The van der Waals surface area contributed by atoms with Crippen LogP contribution < -0.4 is 9.47 Å². The van der Waals surface area contributed by atoms with Crippen LogP contribution in [0.1, 0.15) is 56.2 Å². The van der Waals surface area contributed by atoms with Crippen molar-refractivity contribution in [3.8, 4) is 28.4 Å². The van der Waals surface area contributed by atoms with Gasteiger partial charge in [0.05, 0.1) is 18.5 Å². The lowest BCUT2D eigenvalue weighted by atomic mass is 9.97. The zero-order valence-corrected chi connectivity index (χ0v) is 20.5. The van der Waals surface area contributed by atoms with Crippen molar-refractivity contribution in [3.05, 3.63) is 51.4 Å². The molecular weight excluding hydrogens is 422 g/mol. The third-order valence-electron chi connectivity index (χ3n) is 5.65. The quantitative estimate of drug-likeness (QED) is 0.503. The normalized spacial score (nSPS) is 12.5. The second-order valence-electron chi connectivity index (χ2n) is 9.20. The van der Waals surface area contributed by atoms with Gasteiger partial charge in [-0.3, -0.25) is 4.79 Å². The molecule has 168 valence electrons. The lowest BCUT2D eigenvalue weighted by molar-refractivity contribution is 0.0646. The Morgan fingerprint density at radius 1 is 1.31 bits per heavy atom. The second kappa shape index (κ2) is 8.13. The lowest BCUT2D eigenvalue weighted by Crippen LogP contribution is -2.43. The molecule has 1 aliphatic heterocycles. The molecule has 0 N–H and O–H groups in total. The molecule has 0 fully saturated rings. The number of carbonyl (C=O) groups is 1. The van der Waals surface area contributed by atoms with Crippen LogP contribution in [0, 0.1) is 0 Å². The van der Waals surface area contributed by atoms with Gasteiger partial charge in [-0.1, -0.05) is 11.6 Å². The van der Waals surface area contributed by atoms with Gasteiger partial charge in [0.25, 0.3) is 5.91 Å². The van der Waals surface area contributed by atoms with Crippen LogP contribution >= 0.6 is 11.3 Å². The van der Waals surface area contributed by atoms with E-state index in [0.29, 0.717) is 5.69 Å². The van der Waals surface area contributed by atoms with E-state index in [2.05, 4.69) is 26.0 Å². The predicted molar refractivity (Wildman–Crippen MR) is 129 cm³/mol. The van der Waals surface area contributed by atoms with E-state index in [1.807, 2.05) is 55.4 Å². The molecule has 4 rings (SSSR count). The molecule has 2 aromatic heterocycles. The van der Waals surface area contributed by atoms with Crippen LogP contribution in [-0.4, -0.2) is 40.3 Å². The number of amides is 1. The molecule has 0 atom stereocenters. The fourth-order valence-electron chi connectivity index (χ4n) is 3.70. The van der Waals surface area contributed by atoms with E-state index >= 15 is 0 Å². The summed E-state index contributed by atoms with van der Waals surface area (Å²) in [5.74, 6) is 1.35. The standard InChI is InChI=1S/C25H29N3O3S/c1-15(2)10-16-11-18-21(12-20(16)30-7)31-13-19-22(24(29)27(6)25(3,4)5)26-28(23(18)19)17-8-9-32-14-17/h8-12,14H,13H2,1-7H3. The summed E-state index contributed by atoms with van der Waals surface area (Å²) >= 11 is 1.60. The van der Waals surface area contributed by atoms with Crippen molar-refractivity contribution < 1.29 is 14.3 Å². The Morgan fingerprint density at radius 3 is 2.66 bits per heavy atom. The minimum atomic E-state index is -0.326. The zero-order valence-electron chi connectivity index (χ0n) is 19.6. The minimum Gasteiger partial charge on any atom is -0.496 e. The molecule has 0 bridgehead atoms. The van der Waals surface area contributed by atoms with Crippen molar-refractivity contribution >= 4 is 23.3 Å². The number of hydrogen-bond acceptors (Lipinski definition) is 5. The summed E-state index contributed by atoms with van der Waals surface area (Å²) in [5.41, 5.74) is 5.74. The van der Waals surface area contributed by atoms with Gasteiger partial charge in [0.2, 0.25) is 0 Å². The number of ether oxygens (including phenoxy) is 2. The SMILES string of the molecule is COc1cc2c(cc1C=C(C)C)-c1c(c(C(=O)N(C)C(C)(C)C)nn1-c1ccsc1)CO2. The highest BCUT2D eigenvalue weighted by molar-refractivity contribution is 7.08. The smallest absolute Gasteiger partial charge is 0.274 e. The molecule has 0 spiro atoms. The van der Waals surface area contributed by atoms with Gasteiger partial charge in [-0.15, -0.1) is 0 Å².